The second kappa shape index (κ2) is 7.83. The standard InChI is InChI=1S/C21H19FN4O3/c22-16-11-10-15(26(28)29)13-17(16)23-21(27)19-18-9-5-2-6-12-25(18)20(24-19)14-7-3-1-4-8-14/h1,3-4,7-8,10-11,13H,2,5-6,9,12H2,(H,23,27). The fourth-order valence-corrected chi connectivity index (χ4v) is 3.61. The molecule has 0 spiro atoms. The summed E-state index contributed by atoms with van der Waals surface area (Å²) in [7, 11) is 0. The maximum absolute atomic E-state index is 14.1. The fraction of sp³-hybridized carbons (Fsp3) is 0.238. The van der Waals surface area contributed by atoms with E-state index in [-0.39, 0.29) is 17.1 Å². The van der Waals surface area contributed by atoms with Crippen LogP contribution in [0.3, 0.4) is 0 Å². The summed E-state index contributed by atoms with van der Waals surface area (Å²) in [6.45, 7) is 0.755. The average Bonchev–Trinajstić information content (AvgIpc) is 2.91. The second-order valence-electron chi connectivity index (χ2n) is 6.93. The van der Waals surface area contributed by atoms with E-state index in [0.717, 1.165) is 55.3 Å². The summed E-state index contributed by atoms with van der Waals surface area (Å²) in [6.07, 6.45) is 3.67. The summed E-state index contributed by atoms with van der Waals surface area (Å²) in [5.74, 6) is -0.609. The number of imidazole rings is 1. The topological polar surface area (TPSA) is 90.1 Å². The Kier molecular flexibility index (Phi) is 5.07. The molecule has 0 aliphatic carbocycles. The van der Waals surface area contributed by atoms with Gasteiger partial charge < -0.3 is 9.88 Å². The van der Waals surface area contributed by atoms with Crippen LogP contribution < -0.4 is 5.32 Å². The highest BCUT2D eigenvalue weighted by molar-refractivity contribution is 6.04. The van der Waals surface area contributed by atoms with Crippen LogP contribution in [0.15, 0.2) is 48.5 Å². The number of non-ortho nitro benzene ring substituents is 1. The summed E-state index contributed by atoms with van der Waals surface area (Å²) in [4.78, 5) is 27.9. The number of anilines is 1. The highest BCUT2D eigenvalue weighted by atomic mass is 19.1. The molecule has 1 N–H and O–H groups in total. The number of nitro groups is 1. The summed E-state index contributed by atoms with van der Waals surface area (Å²) in [5, 5.41) is 13.4. The van der Waals surface area contributed by atoms with Gasteiger partial charge >= 0.3 is 0 Å². The van der Waals surface area contributed by atoms with Crippen molar-refractivity contribution in [2.24, 2.45) is 0 Å². The molecule has 0 radical (unpaired) electrons. The molecular formula is C21H19FN4O3. The predicted molar refractivity (Wildman–Crippen MR) is 106 cm³/mol. The maximum atomic E-state index is 14.1. The van der Waals surface area contributed by atoms with Crippen LogP contribution in [-0.2, 0) is 13.0 Å². The molecule has 1 aromatic heterocycles. The first kappa shape index (κ1) is 18.8. The Morgan fingerprint density at radius 3 is 2.69 bits per heavy atom. The number of aromatic nitrogens is 2. The molecule has 7 nitrogen and oxygen atoms in total. The molecule has 2 aromatic carbocycles. The zero-order valence-corrected chi connectivity index (χ0v) is 15.6. The molecule has 3 aromatic rings. The Morgan fingerprint density at radius 1 is 1.14 bits per heavy atom. The van der Waals surface area contributed by atoms with Gasteiger partial charge in [-0.1, -0.05) is 36.8 Å². The molecular weight excluding hydrogens is 375 g/mol. The van der Waals surface area contributed by atoms with Gasteiger partial charge in [0.05, 0.1) is 16.3 Å². The third kappa shape index (κ3) is 3.73. The first-order valence-corrected chi connectivity index (χ1v) is 9.44. The lowest BCUT2D eigenvalue weighted by Gasteiger charge is -2.09. The highest BCUT2D eigenvalue weighted by Gasteiger charge is 2.25. The number of hydrogen-bond acceptors (Lipinski definition) is 4. The van der Waals surface area contributed by atoms with Crippen molar-refractivity contribution in [2.45, 2.75) is 32.2 Å². The van der Waals surface area contributed by atoms with Crippen molar-refractivity contribution < 1.29 is 14.1 Å². The van der Waals surface area contributed by atoms with Gasteiger partial charge in [0, 0.05) is 24.2 Å². The van der Waals surface area contributed by atoms with Crippen LogP contribution in [0.2, 0.25) is 0 Å². The number of nitrogens with zero attached hydrogens (tertiary/aromatic N) is 3. The normalized spacial score (nSPS) is 13.4. The van der Waals surface area contributed by atoms with Gasteiger partial charge in [-0.15, -0.1) is 0 Å². The highest BCUT2D eigenvalue weighted by Crippen LogP contribution is 2.28. The molecule has 0 unspecified atom stereocenters. The summed E-state index contributed by atoms with van der Waals surface area (Å²) >= 11 is 0. The van der Waals surface area contributed by atoms with E-state index in [0.29, 0.717) is 12.2 Å². The molecule has 0 atom stereocenters. The largest absolute Gasteiger partial charge is 0.327 e. The number of amides is 1. The Labute approximate surface area is 166 Å². The zero-order chi connectivity index (χ0) is 20.4. The lowest BCUT2D eigenvalue weighted by molar-refractivity contribution is -0.384. The molecule has 0 saturated heterocycles. The van der Waals surface area contributed by atoms with E-state index >= 15 is 0 Å². The van der Waals surface area contributed by atoms with Gasteiger partial charge in [0.15, 0.2) is 0 Å². The molecule has 1 aliphatic heterocycles. The number of nitrogens with one attached hydrogen (secondary N) is 1. The van der Waals surface area contributed by atoms with Crippen molar-refractivity contribution >= 4 is 17.3 Å². The number of carbonyl (C=O) groups is 1. The van der Waals surface area contributed by atoms with E-state index < -0.39 is 16.6 Å². The number of fused-ring (bicyclic) bond motifs is 1. The molecule has 148 valence electrons. The van der Waals surface area contributed by atoms with Crippen molar-refractivity contribution in [2.75, 3.05) is 5.32 Å². The molecule has 1 aliphatic rings. The number of hydrogen-bond donors (Lipinski definition) is 1. The van der Waals surface area contributed by atoms with Crippen molar-refractivity contribution in [1.29, 1.82) is 0 Å². The van der Waals surface area contributed by atoms with Crippen LogP contribution >= 0.6 is 0 Å². The fourth-order valence-electron chi connectivity index (χ4n) is 3.61. The van der Waals surface area contributed by atoms with Gasteiger partial charge in [-0.2, -0.15) is 0 Å². The van der Waals surface area contributed by atoms with Gasteiger partial charge in [0.25, 0.3) is 11.6 Å². The minimum atomic E-state index is -0.738. The lowest BCUT2D eigenvalue weighted by atomic mass is 10.1. The van der Waals surface area contributed by atoms with Crippen LogP contribution in [0, 0.1) is 15.9 Å². The first-order valence-electron chi connectivity index (χ1n) is 9.44. The monoisotopic (exact) mass is 394 g/mol. The van der Waals surface area contributed by atoms with Gasteiger partial charge in [0.1, 0.15) is 17.3 Å². The van der Waals surface area contributed by atoms with Crippen molar-refractivity contribution in [3.05, 3.63) is 75.9 Å². The minimum absolute atomic E-state index is 0.233. The minimum Gasteiger partial charge on any atom is -0.327 e. The molecule has 4 rings (SSSR count). The lowest BCUT2D eigenvalue weighted by Crippen LogP contribution is -2.16. The Morgan fingerprint density at radius 2 is 1.93 bits per heavy atom. The van der Waals surface area contributed by atoms with Crippen LogP contribution in [0.1, 0.15) is 35.4 Å². The van der Waals surface area contributed by atoms with Crippen molar-refractivity contribution in [3.8, 4) is 11.4 Å². The molecule has 2 heterocycles. The molecule has 8 heteroatoms. The van der Waals surface area contributed by atoms with Crippen LogP contribution in [0.4, 0.5) is 15.8 Å². The number of carbonyl (C=O) groups excluding carboxylic acids is 1. The number of nitro benzene ring substituents is 1. The van der Waals surface area contributed by atoms with Gasteiger partial charge in [0.2, 0.25) is 0 Å². The van der Waals surface area contributed by atoms with Gasteiger partial charge in [-0.3, -0.25) is 14.9 Å². The third-order valence-corrected chi connectivity index (χ3v) is 5.02. The number of halogens is 1. The molecule has 1 amide bonds. The van der Waals surface area contributed by atoms with Crippen molar-refractivity contribution in [1.82, 2.24) is 9.55 Å². The zero-order valence-electron chi connectivity index (χ0n) is 15.6. The van der Waals surface area contributed by atoms with E-state index in [1.165, 1.54) is 0 Å². The Hall–Kier alpha value is -3.55. The van der Waals surface area contributed by atoms with Gasteiger partial charge in [-0.25, -0.2) is 9.37 Å². The number of benzene rings is 2. The summed E-state index contributed by atoms with van der Waals surface area (Å²) in [5.41, 5.74) is 1.41. The van der Waals surface area contributed by atoms with E-state index in [2.05, 4.69) is 14.9 Å². The predicted octanol–water partition coefficient (Wildman–Crippen LogP) is 4.58. The smallest absolute Gasteiger partial charge is 0.276 e. The molecule has 0 saturated carbocycles. The second-order valence-corrected chi connectivity index (χ2v) is 6.93. The van der Waals surface area contributed by atoms with Crippen LogP contribution in [0.5, 0.6) is 0 Å². The summed E-state index contributed by atoms with van der Waals surface area (Å²) < 4.78 is 16.2. The third-order valence-electron chi connectivity index (χ3n) is 5.02. The van der Waals surface area contributed by atoms with Crippen LogP contribution in [-0.4, -0.2) is 20.4 Å². The van der Waals surface area contributed by atoms with Gasteiger partial charge in [-0.05, 0) is 25.3 Å². The molecule has 0 fully saturated rings. The summed E-state index contributed by atoms with van der Waals surface area (Å²) in [6, 6.07) is 12.6. The van der Waals surface area contributed by atoms with E-state index in [9.17, 15) is 19.3 Å². The first-order chi connectivity index (χ1) is 14.0. The van der Waals surface area contributed by atoms with E-state index in [1.807, 2.05) is 30.3 Å². The SMILES string of the molecule is O=C(Nc1cc([N+](=O)[O-])ccc1F)c1nc(-c2ccccc2)n2c1CCCCC2. The molecule has 29 heavy (non-hydrogen) atoms. The van der Waals surface area contributed by atoms with E-state index in [4.69, 9.17) is 0 Å². The molecule has 0 bridgehead atoms. The van der Waals surface area contributed by atoms with Crippen LogP contribution in [0.25, 0.3) is 11.4 Å². The Bertz CT molecular complexity index is 1080. The van der Waals surface area contributed by atoms with Crippen molar-refractivity contribution in [3.63, 3.8) is 0 Å². The quantitative estimate of drug-likeness (QED) is 0.518. The number of rotatable bonds is 4. The average molecular weight is 394 g/mol. The maximum Gasteiger partial charge on any atom is 0.276 e. The Balaban J connectivity index is 1.73. The van der Waals surface area contributed by atoms with E-state index in [1.54, 1.807) is 0 Å².